The van der Waals surface area contributed by atoms with Gasteiger partial charge >= 0.3 is 6.09 Å². The van der Waals surface area contributed by atoms with Crippen LogP contribution in [-0.2, 0) is 18.3 Å². The van der Waals surface area contributed by atoms with Gasteiger partial charge in [-0.15, -0.1) is 0 Å². The summed E-state index contributed by atoms with van der Waals surface area (Å²) in [6.07, 6.45) is 4.40. The second kappa shape index (κ2) is 9.92. The number of nitrogens with two attached hydrogens (primary N) is 1. The average Bonchev–Trinajstić information content (AvgIpc) is 3.56. The number of nitrogens with one attached hydrogen (secondary N) is 1. The fraction of sp³-hybridized carbons (Fsp3) is 0.467. The van der Waals surface area contributed by atoms with Crippen molar-refractivity contribution in [1.82, 2.24) is 29.3 Å². The molecular formula is C30H37N7O3. The second-order valence-electron chi connectivity index (χ2n) is 12.2. The topological polar surface area (TPSA) is 120 Å². The van der Waals surface area contributed by atoms with Crippen LogP contribution in [0, 0.1) is 5.92 Å². The van der Waals surface area contributed by atoms with Crippen LogP contribution < -0.4 is 11.1 Å². The number of aryl methyl sites for hydroxylation is 1. The van der Waals surface area contributed by atoms with Gasteiger partial charge in [-0.3, -0.25) is 4.79 Å². The Balaban J connectivity index is 1.27. The number of piperidine rings is 1. The Morgan fingerprint density at radius 1 is 1.15 bits per heavy atom. The number of imidazole rings is 1. The lowest BCUT2D eigenvalue weighted by Crippen LogP contribution is -2.56. The van der Waals surface area contributed by atoms with Gasteiger partial charge in [-0.1, -0.05) is 0 Å². The third kappa shape index (κ3) is 5.28. The maximum absolute atomic E-state index is 13.6. The largest absolute Gasteiger partial charge is 0.444 e. The molecule has 10 heteroatoms. The van der Waals surface area contributed by atoms with Crippen LogP contribution in [0.2, 0.25) is 0 Å². The maximum Gasteiger partial charge on any atom is 0.407 e. The molecule has 2 amide bonds. The van der Waals surface area contributed by atoms with Crippen LogP contribution in [0.3, 0.4) is 0 Å². The number of fused-ring (bicyclic) bond motifs is 2. The van der Waals surface area contributed by atoms with Crippen molar-refractivity contribution in [2.75, 3.05) is 13.1 Å². The minimum absolute atomic E-state index is 0.132. The molecule has 4 heterocycles. The van der Waals surface area contributed by atoms with Gasteiger partial charge in [0.25, 0.3) is 5.91 Å². The average molecular weight is 544 g/mol. The van der Waals surface area contributed by atoms with Crippen molar-refractivity contribution in [1.29, 1.82) is 0 Å². The molecule has 3 N–H and O–H groups in total. The van der Waals surface area contributed by atoms with Crippen LogP contribution in [0.5, 0.6) is 0 Å². The summed E-state index contributed by atoms with van der Waals surface area (Å²) in [4.78, 5) is 37.3. The number of rotatable bonds is 5. The molecule has 1 saturated heterocycles. The van der Waals surface area contributed by atoms with Crippen molar-refractivity contribution in [2.45, 2.75) is 64.3 Å². The summed E-state index contributed by atoms with van der Waals surface area (Å²) in [7, 11) is 2.01. The highest BCUT2D eigenvalue weighted by Gasteiger charge is 2.31. The zero-order valence-corrected chi connectivity index (χ0v) is 23.6. The molecule has 4 aromatic rings. The van der Waals surface area contributed by atoms with Gasteiger partial charge in [0.05, 0.1) is 22.8 Å². The van der Waals surface area contributed by atoms with Crippen molar-refractivity contribution in [3.63, 3.8) is 0 Å². The van der Waals surface area contributed by atoms with Gasteiger partial charge in [-0.05, 0) is 82.3 Å². The monoisotopic (exact) mass is 543 g/mol. The Bertz CT molecular complexity index is 1590. The summed E-state index contributed by atoms with van der Waals surface area (Å²) in [5, 5.41) is 3.97. The Labute approximate surface area is 233 Å². The van der Waals surface area contributed by atoms with Crippen LogP contribution in [0.4, 0.5) is 4.79 Å². The van der Waals surface area contributed by atoms with E-state index < -0.39 is 11.7 Å². The number of carbonyl (C=O) groups is 2. The molecule has 0 radical (unpaired) electrons. The first-order chi connectivity index (χ1) is 19.1. The van der Waals surface area contributed by atoms with Gasteiger partial charge in [-0.2, -0.15) is 0 Å². The molecule has 6 rings (SSSR count). The van der Waals surface area contributed by atoms with Gasteiger partial charge in [-0.25, -0.2) is 14.8 Å². The Hall–Kier alpha value is -3.92. The number of hydrogen-bond acceptors (Lipinski definition) is 6. The van der Waals surface area contributed by atoms with E-state index in [4.69, 9.17) is 15.5 Å². The summed E-state index contributed by atoms with van der Waals surface area (Å²) in [6.45, 7) is 7.17. The first-order valence-electron chi connectivity index (χ1n) is 14.0. The predicted octanol–water partition coefficient (Wildman–Crippen LogP) is 4.07. The molecule has 1 aromatic carbocycles. The number of hydrogen-bond donors (Lipinski definition) is 2. The molecule has 2 unspecified atom stereocenters. The van der Waals surface area contributed by atoms with Crippen LogP contribution in [0.1, 0.15) is 50.4 Å². The molecule has 2 atom stereocenters. The number of benzene rings is 1. The quantitative estimate of drug-likeness (QED) is 0.392. The molecule has 1 aliphatic heterocycles. The predicted molar refractivity (Wildman–Crippen MR) is 154 cm³/mol. The van der Waals surface area contributed by atoms with Gasteiger partial charge in [0.15, 0.2) is 5.82 Å². The van der Waals surface area contributed by atoms with Gasteiger partial charge in [0.2, 0.25) is 0 Å². The fourth-order valence-electron chi connectivity index (χ4n) is 5.64. The number of carbonyl (C=O) groups excluding carboxylic acids is 2. The molecule has 1 aliphatic carbocycles. The molecule has 2 aliphatic rings. The van der Waals surface area contributed by atoms with Crippen molar-refractivity contribution in [3.8, 4) is 11.5 Å². The molecule has 1 saturated carbocycles. The van der Waals surface area contributed by atoms with Crippen LogP contribution in [-0.4, -0.2) is 66.8 Å². The van der Waals surface area contributed by atoms with E-state index in [1.807, 2.05) is 58.3 Å². The van der Waals surface area contributed by atoms with Crippen LogP contribution in [0.25, 0.3) is 33.6 Å². The van der Waals surface area contributed by atoms with Crippen molar-refractivity contribution < 1.29 is 14.3 Å². The van der Waals surface area contributed by atoms with Gasteiger partial charge < -0.3 is 29.8 Å². The highest BCUT2D eigenvalue weighted by molar-refractivity contribution is 5.98. The first kappa shape index (κ1) is 26.3. The zero-order valence-electron chi connectivity index (χ0n) is 23.6. The standard InChI is InChI=1S/C30H37N7O3/c1-30(2,3)40-29(39)33-22-14-21(31)16-36(17-22)28(38)20-9-10-24-23(12-20)34-27(35(24)4)25-13-19-6-5-11-32-26(19)37(25)15-18-7-8-18/h5-6,9-13,18,21-22H,7-8,14-17,31H2,1-4H3,(H,33,39). The van der Waals surface area contributed by atoms with Crippen molar-refractivity contribution >= 4 is 34.1 Å². The fourth-order valence-corrected chi connectivity index (χ4v) is 5.64. The minimum Gasteiger partial charge on any atom is -0.444 e. The van der Waals surface area contributed by atoms with E-state index in [-0.39, 0.29) is 18.0 Å². The lowest BCUT2D eigenvalue weighted by atomic mass is 10.0. The summed E-state index contributed by atoms with van der Waals surface area (Å²) < 4.78 is 9.76. The smallest absolute Gasteiger partial charge is 0.407 e. The van der Waals surface area contributed by atoms with Gasteiger partial charge in [0.1, 0.15) is 11.2 Å². The SMILES string of the molecule is Cn1c(-c2cc3cccnc3n2CC2CC2)nc2cc(C(=O)N3CC(N)CC(NC(=O)OC(C)(C)C)C3)ccc21. The third-order valence-corrected chi connectivity index (χ3v) is 7.64. The van der Waals surface area contributed by atoms with Gasteiger partial charge in [0, 0.05) is 49.9 Å². The minimum atomic E-state index is -0.601. The van der Waals surface area contributed by atoms with E-state index in [2.05, 4.69) is 31.6 Å². The van der Waals surface area contributed by atoms with Crippen molar-refractivity contribution in [3.05, 3.63) is 48.2 Å². The molecule has 3 aromatic heterocycles. The number of alkyl carbamates (subject to hydrolysis) is 1. The van der Waals surface area contributed by atoms with E-state index in [0.29, 0.717) is 31.0 Å². The molecule has 0 spiro atoms. The number of pyridine rings is 1. The third-order valence-electron chi connectivity index (χ3n) is 7.64. The molecule has 0 bridgehead atoms. The molecular weight excluding hydrogens is 506 g/mol. The Morgan fingerprint density at radius 2 is 1.95 bits per heavy atom. The summed E-state index contributed by atoms with van der Waals surface area (Å²) in [6, 6.07) is 11.3. The number of nitrogens with zero attached hydrogens (tertiary/aromatic N) is 5. The van der Waals surface area contributed by atoms with E-state index >= 15 is 0 Å². The normalized spacial score (nSPS) is 19.8. The maximum atomic E-state index is 13.6. The Morgan fingerprint density at radius 3 is 2.70 bits per heavy atom. The number of amides is 2. The molecule has 10 nitrogen and oxygen atoms in total. The summed E-state index contributed by atoms with van der Waals surface area (Å²) >= 11 is 0. The lowest BCUT2D eigenvalue weighted by Gasteiger charge is -2.36. The van der Waals surface area contributed by atoms with E-state index in [9.17, 15) is 9.59 Å². The van der Waals surface area contributed by atoms with E-state index in [1.54, 1.807) is 4.90 Å². The number of ether oxygens (including phenoxy) is 1. The first-order valence-corrected chi connectivity index (χ1v) is 14.0. The number of likely N-dealkylation sites (tertiary alicyclic amines) is 1. The lowest BCUT2D eigenvalue weighted by molar-refractivity contribution is 0.0443. The molecule has 210 valence electrons. The Kier molecular flexibility index (Phi) is 6.53. The van der Waals surface area contributed by atoms with Crippen molar-refractivity contribution in [2.24, 2.45) is 18.7 Å². The summed E-state index contributed by atoms with van der Waals surface area (Å²) in [5.74, 6) is 1.40. The van der Waals surface area contributed by atoms with Crippen LogP contribution in [0.15, 0.2) is 42.6 Å². The number of aromatic nitrogens is 4. The van der Waals surface area contributed by atoms with E-state index in [1.165, 1.54) is 12.8 Å². The highest BCUT2D eigenvalue weighted by atomic mass is 16.6. The molecule has 2 fully saturated rings. The highest BCUT2D eigenvalue weighted by Crippen LogP contribution is 2.36. The molecule has 40 heavy (non-hydrogen) atoms. The second-order valence-corrected chi connectivity index (χ2v) is 12.2. The summed E-state index contributed by atoms with van der Waals surface area (Å²) in [5.41, 5.74) is 9.94. The van der Waals surface area contributed by atoms with Crippen LogP contribution >= 0.6 is 0 Å². The van der Waals surface area contributed by atoms with E-state index in [0.717, 1.165) is 40.1 Å². The zero-order chi connectivity index (χ0) is 28.2.